The molecule has 3 aliphatic rings. The molecule has 1 amide bonds. The Labute approximate surface area is 142 Å². The van der Waals surface area contributed by atoms with E-state index in [1.807, 2.05) is 17.9 Å². The van der Waals surface area contributed by atoms with Crippen LogP contribution < -0.4 is 0 Å². The molecular weight excluding hydrogens is 308 g/mol. The first-order valence-corrected chi connectivity index (χ1v) is 8.93. The van der Waals surface area contributed by atoms with E-state index in [4.69, 9.17) is 13.9 Å². The molecule has 0 radical (unpaired) electrons. The van der Waals surface area contributed by atoms with Gasteiger partial charge in [-0.25, -0.2) is 0 Å². The molecule has 4 rings (SSSR count). The summed E-state index contributed by atoms with van der Waals surface area (Å²) in [7, 11) is 0. The molecule has 3 saturated heterocycles. The molecule has 24 heavy (non-hydrogen) atoms. The second-order valence-electron chi connectivity index (χ2n) is 7.38. The van der Waals surface area contributed by atoms with E-state index in [0.29, 0.717) is 24.8 Å². The van der Waals surface area contributed by atoms with E-state index >= 15 is 0 Å². The average Bonchev–Trinajstić information content (AvgIpc) is 3.00. The van der Waals surface area contributed by atoms with Crippen LogP contribution in [0.15, 0.2) is 16.5 Å². The third-order valence-electron chi connectivity index (χ3n) is 5.45. The molecule has 6 nitrogen and oxygen atoms in total. The number of furan rings is 1. The lowest BCUT2D eigenvalue weighted by atomic mass is 9.82. The maximum absolute atomic E-state index is 12.4. The first kappa shape index (κ1) is 16.1. The molecular formula is C18H26N2O4. The molecule has 3 aliphatic heterocycles. The summed E-state index contributed by atoms with van der Waals surface area (Å²) < 4.78 is 17.0. The summed E-state index contributed by atoms with van der Waals surface area (Å²) in [5.41, 5.74) is -0.112. The van der Waals surface area contributed by atoms with Gasteiger partial charge >= 0.3 is 0 Å². The first-order chi connectivity index (χ1) is 11.6. The van der Waals surface area contributed by atoms with Crippen LogP contribution in [0.3, 0.4) is 0 Å². The van der Waals surface area contributed by atoms with Crippen molar-refractivity contribution in [2.75, 3.05) is 52.5 Å². The molecule has 1 spiro atoms. The van der Waals surface area contributed by atoms with Crippen molar-refractivity contribution in [1.29, 1.82) is 0 Å². The van der Waals surface area contributed by atoms with E-state index in [9.17, 15) is 4.79 Å². The van der Waals surface area contributed by atoms with Crippen molar-refractivity contribution in [3.8, 4) is 0 Å². The average molecular weight is 334 g/mol. The maximum atomic E-state index is 12.4. The zero-order valence-electron chi connectivity index (χ0n) is 14.3. The summed E-state index contributed by atoms with van der Waals surface area (Å²) in [5, 5.41) is 0. The second-order valence-corrected chi connectivity index (χ2v) is 7.38. The van der Waals surface area contributed by atoms with Crippen LogP contribution >= 0.6 is 0 Å². The summed E-state index contributed by atoms with van der Waals surface area (Å²) in [4.78, 5) is 16.7. The van der Waals surface area contributed by atoms with Crippen LogP contribution in [-0.2, 0) is 9.47 Å². The summed E-state index contributed by atoms with van der Waals surface area (Å²) in [6, 6.07) is 3.58. The molecule has 1 atom stereocenters. The van der Waals surface area contributed by atoms with Gasteiger partial charge in [0.1, 0.15) is 11.4 Å². The van der Waals surface area contributed by atoms with Gasteiger partial charge in [0.05, 0.1) is 32.9 Å². The summed E-state index contributed by atoms with van der Waals surface area (Å²) >= 11 is 0. The Morgan fingerprint density at radius 3 is 2.71 bits per heavy atom. The largest absolute Gasteiger partial charge is 0.456 e. The Balaban J connectivity index is 1.24. The highest BCUT2D eigenvalue weighted by atomic mass is 16.5. The minimum absolute atomic E-state index is 0.0206. The van der Waals surface area contributed by atoms with Crippen molar-refractivity contribution < 1.29 is 18.7 Å². The van der Waals surface area contributed by atoms with E-state index in [2.05, 4.69) is 4.90 Å². The molecule has 0 unspecified atom stereocenters. The lowest BCUT2D eigenvalue weighted by Crippen LogP contribution is -2.66. The highest BCUT2D eigenvalue weighted by Crippen LogP contribution is 2.37. The number of ether oxygens (including phenoxy) is 2. The highest BCUT2D eigenvalue weighted by Gasteiger charge is 2.49. The number of carbonyl (C=O) groups is 1. The van der Waals surface area contributed by atoms with Gasteiger partial charge in [-0.2, -0.15) is 0 Å². The molecule has 0 aliphatic carbocycles. The van der Waals surface area contributed by atoms with Gasteiger partial charge in [-0.1, -0.05) is 0 Å². The number of aryl methyl sites for hydroxylation is 1. The van der Waals surface area contributed by atoms with Crippen molar-refractivity contribution in [1.82, 2.24) is 9.80 Å². The first-order valence-electron chi connectivity index (χ1n) is 8.93. The predicted molar refractivity (Wildman–Crippen MR) is 88.0 cm³/mol. The van der Waals surface area contributed by atoms with Gasteiger partial charge in [0.15, 0.2) is 5.76 Å². The van der Waals surface area contributed by atoms with E-state index in [1.165, 1.54) is 6.42 Å². The Bertz CT molecular complexity index is 578. The molecule has 6 heteroatoms. The van der Waals surface area contributed by atoms with Gasteiger partial charge in [-0.05, 0) is 37.8 Å². The number of amides is 1. The van der Waals surface area contributed by atoms with E-state index in [0.717, 1.165) is 51.6 Å². The zero-order chi connectivity index (χ0) is 16.6. The second kappa shape index (κ2) is 6.50. The molecule has 132 valence electrons. The predicted octanol–water partition coefficient (Wildman–Crippen LogP) is 1.54. The number of rotatable bonds is 3. The number of hydrogen-bond donors (Lipinski definition) is 0. The Hall–Kier alpha value is -1.37. The molecule has 1 aromatic rings. The van der Waals surface area contributed by atoms with Gasteiger partial charge in [-0.15, -0.1) is 0 Å². The fourth-order valence-electron chi connectivity index (χ4n) is 3.96. The summed E-state index contributed by atoms with van der Waals surface area (Å²) in [5.74, 6) is 1.79. The topological polar surface area (TPSA) is 55.2 Å². The fourth-order valence-corrected chi connectivity index (χ4v) is 3.96. The van der Waals surface area contributed by atoms with Crippen LogP contribution in [0.4, 0.5) is 0 Å². The Kier molecular flexibility index (Phi) is 4.37. The number of nitrogens with zero attached hydrogens (tertiary/aromatic N) is 2. The number of carbonyl (C=O) groups excluding carboxylic acids is 1. The van der Waals surface area contributed by atoms with Gasteiger partial charge in [0.2, 0.25) is 0 Å². The van der Waals surface area contributed by atoms with Crippen LogP contribution in [0.2, 0.25) is 0 Å². The van der Waals surface area contributed by atoms with Crippen molar-refractivity contribution >= 4 is 5.91 Å². The van der Waals surface area contributed by atoms with E-state index in [-0.39, 0.29) is 11.5 Å². The standard InChI is InChI=1S/C18H26N2O4/c1-14-2-3-16(24-14)17(21)20-12-18(13-20)5-4-15(11-23-18)10-19-6-8-22-9-7-19/h2-3,15H,4-13H2,1H3/t15-/m0/s1. The van der Waals surface area contributed by atoms with Crippen LogP contribution in [-0.4, -0.2) is 73.9 Å². The van der Waals surface area contributed by atoms with Crippen molar-refractivity contribution in [2.24, 2.45) is 5.92 Å². The van der Waals surface area contributed by atoms with Gasteiger partial charge in [0, 0.05) is 19.6 Å². The van der Waals surface area contributed by atoms with E-state index < -0.39 is 0 Å². The SMILES string of the molecule is Cc1ccc(C(=O)N2CC3(CC[C@@H](CN4CCOCC4)CO3)C2)o1. The number of likely N-dealkylation sites (tertiary alicyclic amines) is 1. The fraction of sp³-hybridized carbons (Fsp3) is 0.722. The van der Waals surface area contributed by atoms with Crippen LogP contribution in [0, 0.1) is 12.8 Å². The van der Waals surface area contributed by atoms with Crippen LogP contribution in [0.5, 0.6) is 0 Å². The van der Waals surface area contributed by atoms with Crippen molar-refractivity contribution in [2.45, 2.75) is 25.4 Å². The van der Waals surface area contributed by atoms with Crippen molar-refractivity contribution in [3.05, 3.63) is 23.7 Å². The normalized spacial score (nSPS) is 27.2. The van der Waals surface area contributed by atoms with Gasteiger partial charge in [0.25, 0.3) is 5.91 Å². The summed E-state index contributed by atoms with van der Waals surface area (Å²) in [6.45, 7) is 8.91. The number of morpholine rings is 1. The Morgan fingerprint density at radius 1 is 1.29 bits per heavy atom. The van der Waals surface area contributed by atoms with E-state index in [1.54, 1.807) is 6.07 Å². The highest BCUT2D eigenvalue weighted by molar-refractivity contribution is 5.92. The zero-order valence-corrected chi connectivity index (χ0v) is 14.3. The minimum atomic E-state index is -0.112. The quantitative estimate of drug-likeness (QED) is 0.839. The molecule has 0 bridgehead atoms. The molecule has 1 aromatic heterocycles. The molecule has 4 heterocycles. The lowest BCUT2D eigenvalue weighted by Gasteiger charge is -2.52. The monoisotopic (exact) mass is 334 g/mol. The van der Waals surface area contributed by atoms with Crippen LogP contribution in [0.1, 0.15) is 29.2 Å². The Morgan fingerprint density at radius 2 is 2.08 bits per heavy atom. The van der Waals surface area contributed by atoms with Gasteiger partial charge < -0.3 is 18.8 Å². The molecule has 3 fully saturated rings. The minimum Gasteiger partial charge on any atom is -0.456 e. The number of hydrogen-bond acceptors (Lipinski definition) is 5. The summed E-state index contributed by atoms with van der Waals surface area (Å²) in [6.07, 6.45) is 2.22. The molecule has 0 saturated carbocycles. The lowest BCUT2D eigenvalue weighted by molar-refractivity contribution is -0.169. The van der Waals surface area contributed by atoms with Crippen LogP contribution in [0.25, 0.3) is 0 Å². The molecule has 0 aromatic carbocycles. The van der Waals surface area contributed by atoms with Crippen molar-refractivity contribution in [3.63, 3.8) is 0 Å². The molecule has 0 N–H and O–H groups in total. The maximum Gasteiger partial charge on any atom is 0.289 e. The smallest absolute Gasteiger partial charge is 0.289 e. The van der Waals surface area contributed by atoms with Gasteiger partial charge in [-0.3, -0.25) is 9.69 Å². The third-order valence-corrected chi connectivity index (χ3v) is 5.45. The third kappa shape index (κ3) is 3.23.